The molecule has 13 nitrogen and oxygen atoms in total. The number of pyridine rings is 1. The maximum Gasteiger partial charge on any atom is 0.344 e. The molecule has 1 unspecified atom stereocenters. The van der Waals surface area contributed by atoms with Crippen molar-refractivity contribution in [2.75, 3.05) is 43.6 Å². The number of ether oxygens (including phenoxy) is 2. The van der Waals surface area contributed by atoms with E-state index in [-0.39, 0.29) is 40.9 Å². The number of rotatable bonds is 11. The summed E-state index contributed by atoms with van der Waals surface area (Å²) in [4.78, 5) is 78.6. The maximum absolute atomic E-state index is 15.7. The number of nitrogens with one attached hydrogen (secondary N) is 2. The minimum Gasteiger partial charge on any atom is -0.492 e. The molecular weight excluding hydrogens is 629 g/mol. The SMILES string of the molecule is COc1c(N2CCNC(C)C2)c(F)cc2c(=O)c(C(=O)OCC(=O)Nc3ccc(CC(P(O)O)P(O)O)cc3)cn(C3CC3)c12. The number of amides is 1. The van der Waals surface area contributed by atoms with Gasteiger partial charge in [-0.05, 0) is 49.9 Å². The van der Waals surface area contributed by atoms with E-state index in [1.54, 1.807) is 16.7 Å². The van der Waals surface area contributed by atoms with E-state index in [9.17, 15) is 34.0 Å². The molecule has 0 radical (unpaired) electrons. The molecule has 2 fully saturated rings. The molecule has 1 saturated carbocycles. The average Bonchev–Trinajstić information content (AvgIpc) is 3.84. The number of esters is 1. The number of piperazine rings is 1. The normalized spacial score (nSPS) is 16.9. The summed E-state index contributed by atoms with van der Waals surface area (Å²) in [6, 6.07) is 7.44. The molecule has 242 valence electrons. The summed E-state index contributed by atoms with van der Waals surface area (Å²) >= 11 is 0. The number of halogens is 1. The van der Waals surface area contributed by atoms with Crippen LogP contribution in [0.2, 0.25) is 0 Å². The van der Waals surface area contributed by atoms with Gasteiger partial charge in [0.25, 0.3) is 5.91 Å². The number of carbonyl (C=O) groups excluding carboxylic acids is 2. The molecule has 2 heterocycles. The van der Waals surface area contributed by atoms with Crippen LogP contribution in [0.1, 0.15) is 41.7 Å². The van der Waals surface area contributed by atoms with Crippen molar-refractivity contribution >= 4 is 50.9 Å². The van der Waals surface area contributed by atoms with Crippen molar-refractivity contribution in [2.45, 2.75) is 43.7 Å². The van der Waals surface area contributed by atoms with Crippen LogP contribution >= 0.6 is 16.8 Å². The molecule has 0 spiro atoms. The van der Waals surface area contributed by atoms with Crippen molar-refractivity contribution in [1.29, 1.82) is 0 Å². The summed E-state index contributed by atoms with van der Waals surface area (Å²) in [6.45, 7) is 3.07. The standard InChI is InChI=1S/C29H35FN4O9P2/c1-16-13-33(10-9-31-16)26-22(30)12-20-25(28(26)42-2)34(19-7-8-19)14-21(27(20)36)29(37)43-15-23(35)32-18-5-3-17(4-6-18)11-24(44(38)39)45(40)41/h3-6,12,14,16,19,24,31,38-41H,7-11,13,15H2,1-2H3,(H,32,35). The smallest absolute Gasteiger partial charge is 0.344 e. The van der Waals surface area contributed by atoms with Gasteiger partial charge in [0.05, 0.1) is 18.0 Å². The lowest BCUT2D eigenvalue weighted by Crippen LogP contribution is -2.49. The highest BCUT2D eigenvalue weighted by Gasteiger charge is 2.32. The first-order valence-corrected chi connectivity index (χ1v) is 16.9. The zero-order valence-electron chi connectivity index (χ0n) is 24.6. The van der Waals surface area contributed by atoms with Crippen LogP contribution in [0.15, 0.2) is 41.3 Å². The summed E-state index contributed by atoms with van der Waals surface area (Å²) in [5, 5.41) is 4.77. The average molecular weight is 665 g/mol. The molecule has 3 aromatic rings. The fraction of sp³-hybridized carbons (Fsp3) is 0.414. The Bertz CT molecular complexity index is 1620. The molecule has 16 heteroatoms. The van der Waals surface area contributed by atoms with Crippen molar-refractivity contribution in [3.05, 3.63) is 63.7 Å². The van der Waals surface area contributed by atoms with Crippen LogP contribution in [-0.2, 0) is 16.0 Å². The number of hydrogen-bond acceptors (Lipinski definition) is 11. The highest BCUT2D eigenvalue weighted by atomic mass is 31.2. The van der Waals surface area contributed by atoms with Crippen LogP contribution in [0.25, 0.3) is 10.9 Å². The minimum absolute atomic E-state index is 0.0133. The Morgan fingerprint density at radius 3 is 2.44 bits per heavy atom. The molecule has 5 rings (SSSR count). The largest absolute Gasteiger partial charge is 0.492 e. The van der Waals surface area contributed by atoms with Gasteiger partial charge in [-0.1, -0.05) is 12.1 Å². The first-order chi connectivity index (χ1) is 21.5. The third-order valence-corrected chi connectivity index (χ3v) is 10.4. The van der Waals surface area contributed by atoms with E-state index in [1.165, 1.54) is 25.4 Å². The molecular formula is C29H35FN4O9P2. The molecule has 45 heavy (non-hydrogen) atoms. The Labute approximate surface area is 260 Å². The predicted octanol–water partition coefficient (Wildman–Crippen LogP) is 2.54. The van der Waals surface area contributed by atoms with Crippen LogP contribution in [0.5, 0.6) is 5.75 Å². The van der Waals surface area contributed by atoms with Gasteiger partial charge in [-0.25, -0.2) is 9.18 Å². The Morgan fingerprint density at radius 1 is 1.16 bits per heavy atom. The Kier molecular flexibility index (Phi) is 10.3. The van der Waals surface area contributed by atoms with Gasteiger partial charge >= 0.3 is 5.97 Å². The van der Waals surface area contributed by atoms with Gasteiger partial charge in [0, 0.05) is 43.6 Å². The number of methoxy groups -OCH3 is 1. The number of fused-ring (bicyclic) bond motifs is 1. The quantitative estimate of drug-likeness (QED) is 0.131. The van der Waals surface area contributed by atoms with Gasteiger partial charge in [0.1, 0.15) is 16.7 Å². The van der Waals surface area contributed by atoms with E-state index in [2.05, 4.69) is 10.6 Å². The third kappa shape index (κ3) is 7.44. The molecule has 2 aromatic carbocycles. The molecule has 1 aliphatic carbocycles. The Hall–Kier alpha value is -3.22. The third-order valence-electron chi connectivity index (χ3n) is 7.77. The number of anilines is 2. The number of aromatic nitrogens is 1. The highest BCUT2D eigenvalue weighted by Crippen LogP contribution is 2.50. The molecule has 1 aromatic heterocycles. The van der Waals surface area contributed by atoms with Crippen molar-refractivity contribution in [3.8, 4) is 5.75 Å². The molecule has 1 aliphatic heterocycles. The molecule has 1 amide bonds. The van der Waals surface area contributed by atoms with Crippen LogP contribution in [0, 0.1) is 5.82 Å². The maximum atomic E-state index is 15.7. The molecule has 6 N–H and O–H groups in total. The summed E-state index contributed by atoms with van der Waals surface area (Å²) in [5.41, 5.74) is 0.544. The molecule has 0 bridgehead atoms. The van der Waals surface area contributed by atoms with Crippen LogP contribution in [0.4, 0.5) is 15.8 Å². The first kappa shape index (κ1) is 33.2. The lowest BCUT2D eigenvalue weighted by atomic mass is 10.1. The second-order valence-corrected chi connectivity index (χ2v) is 14.0. The van der Waals surface area contributed by atoms with E-state index in [0.29, 0.717) is 36.4 Å². The van der Waals surface area contributed by atoms with E-state index in [1.807, 2.05) is 11.8 Å². The van der Waals surface area contributed by atoms with Crippen LogP contribution in [-0.4, -0.2) is 80.8 Å². The molecule has 2 aliphatic rings. The molecule has 1 saturated heterocycles. The van der Waals surface area contributed by atoms with Gasteiger partial charge in [-0.3, -0.25) is 9.59 Å². The van der Waals surface area contributed by atoms with Gasteiger partial charge in [-0.15, -0.1) is 0 Å². The van der Waals surface area contributed by atoms with Gasteiger partial charge in [-0.2, -0.15) is 0 Å². The fourth-order valence-corrected chi connectivity index (χ4v) is 6.94. The van der Waals surface area contributed by atoms with Crippen molar-refractivity contribution < 1.29 is 43.0 Å². The summed E-state index contributed by atoms with van der Waals surface area (Å²) in [7, 11) is -3.67. The Morgan fingerprint density at radius 2 is 1.84 bits per heavy atom. The van der Waals surface area contributed by atoms with E-state index >= 15 is 4.39 Å². The van der Waals surface area contributed by atoms with E-state index in [4.69, 9.17) is 9.47 Å². The van der Waals surface area contributed by atoms with E-state index < -0.39 is 51.9 Å². The van der Waals surface area contributed by atoms with Crippen LogP contribution in [0.3, 0.4) is 0 Å². The fourth-order valence-electron chi connectivity index (χ4n) is 5.45. The minimum atomic E-state index is -2.55. The van der Waals surface area contributed by atoms with Gasteiger partial charge < -0.3 is 49.1 Å². The zero-order valence-corrected chi connectivity index (χ0v) is 26.4. The van der Waals surface area contributed by atoms with Crippen molar-refractivity contribution in [1.82, 2.24) is 9.88 Å². The topological polar surface area (TPSA) is 183 Å². The van der Waals surface area contributed by atoms with Gasteiger partial charge in [0.15, 0.2) is 34.9 Å². The second-order valence-electron chi connectivity index (χ2n) is 11.1. The second kappa shape index (κ2) is 14.0. The number of nitrogens with zero attached hydrogens (tertiary/aromatic N) is 2. The predicted molar refractivity (Wildman–Crippen MR) is 168 cm³/mol. The Balaban J connectivity index is 1.33. The lowest BCUT2D eigenvalue weighted by Gasteiger charge is -2.35. The molecule has 1 atom stereocenters. The van der Waals surface area contributed by atoms with E-state index in [0.717, 1.165) is 18.9 Å². The van der Waals surface area contributed by atoms with Gasteiger partial charge in [0.2, 0.25) is 5.43 Å². The number of benzene rings is 2. The first-order valence-electron chi connectivity index (χ1n) is 14.3. The lowest BCUT2D eigenvalue weighted by molar-refractivity contribution is -0.119. The van der Waals surface area contributed by atoms with Crippen molar-refractivity contribution in [2.24, 2.45) is 0 Å². The monoisotopic (exact) mass is 664 g/mol. The number of carbonyl (C=O) groups is 2. The van der Waals surface area contributed by atoms with Crippen LogP contribution < -0.4 is 25.7 Å². The highest BCUT2D eigenvalue weighted by molar-refractivity contribution is 7.64. The van der Waals surface area contributed by atoms with Crippen molar-refractivity contribution in [3.63, 3.8) is 0 Å². The number of hydrogen-bond donors (Lipinski definition) is 6. The summed E-state index contributed by atoms with van der Waals surface area (Å²) in [6.07, 6.45) is 3.02. The summed E-state index contributed by atoms with van der Waals surface area (Å²) in [5.74, 6) is -2.11. The zero-order chi connectivity index (χ0) is 32.4. The summed E-state index contributed by atoms with van der Waals surface area (Å²) < 4.78 is 28.3.